The first kappa shape index (κ1) is 15.2. The van der Waals surface area contributed by atoms with Gasteiger partial charge in [-0.1, -0.05) is 6.92 Å². The van der Waals surface area contributed by atoms with Crippen molar-refractivity contribution in [1.29, 1.82) is 0 Å². The van der Waals surface area contributed by atoms with E-state index in [-0.39, 0.29) is 17.4 Å². The first-order valence-corrected chi connectivity index (χ1v) is 8.32. The third kappa shape index (κ3) is 3.11. The Kier molecular flexibility index (Phi) is 4.95. The summed E-state index contributed by atoms with van der Waals surface area (Å²) in [6.45, 7) is 3.59. The van der Waals surface area contributed by atoms with E-state index in [2.05, 4.69) is 10.3 Å². The van der Waals surface area contributed by atoms with Gasteiger partial charge in [-0.25, -0.2) is 8.42 Å². The molecule has 1 atom stereocenters. The minimum atomic E-state index is -3.55. The van der Waals surface area contributed by atoms with Crippen LogP contribution in [0.3, 0.4) is 0 Å². The highest BCUT2D eigenvalue weighted by Crippen LogP contribution is 2.28. The molecular weight excluding hydrogens is 278 g/mol. The maximum atomic E-state index is 12.6. The fraction of sp³-hybridized carbons (Fsp3) is 0.615. The van der Waals surface area contributed by atoms with Crippen LogP contribution in [0, 0.1) is 5.92 Å². The highest BCUT2D eigenvalue weighted by molar-refractivity contribution is 7.89. The SMILES string of the molecule is CCCNc1ccncc1S(=O)(=O)N1CCC(CO)C1. The second-order valence-electron chi connectivity index (χ2n) is 5.00. The number of hydrogen-bond donors (Lipinski definition) is 2. The van der Waals surface area contributed by atoms with E-state index in [0.29, 0.717) is 31.7 Å². The molecule has 0 aromatic carbocycles. The Morgan fingerprint density at radius 3 is 3.00 bits per heavy atom. The molecule has 0 bridgehead atoms. The Hall–Kier alpha value is -1.18. The van der Waals surface area contributed by atoms with E-state index in [1.165, 1.54) is 10.5 Å². The van der Waals surface area contributed by atoms with Crippen molar-refractivity contribution in [3.05, 3.63) is 18.5 Å². The van der Waals surface area contributed by atoms with Gasteiger partial charge in [0.15, 0.2) is 0 Å². The van der Waals surface area contributed by atoms with Crippen molar-refractivity contribution >= 4 is 15.7 Å². The summed E-state index contributed by atoms with van der Waals surface area (Å²) in [5, 5.41) is 12.3. The number of hydrogen-bond acceptors (Lipinski definition) is 5. The first-order valence-electron chi connectivity index (χ1n) is 6.88. The summed E-state index contributed by atoms with van der Waals surface area (Å²) < 4.78 is 26.7. The van der Waals surface area contributed by atoms with E-state index in [1.54, 1.807) is 12.3 Å². The molecule has 1 aromatic rings. The number of aromatic nitrogens is 1. The second kappa shape index (κ2) is 6.51. The number of aliphatic hydroxyl groups excluding tert-OH is 1. The van der Waals surface area contributed by atoms with E-state index in [4.69, 9.17) is 5.11 Å². The van der Waals surface area contributed by atoms with Gasteiger partial charge in [0.1, 0.15) is 4.90 Å². The molecule has 0 spiro atoms. The predicted molar refractivity (Wildman–Crippen MR) is 77.0 cm³/mol. The van der Waals surface area contributed by atoms with Gasteiger partial charge >= 0.3 is 0 Å². The third-order valence-corrected chi connectivity index (χ3v) is 5.37. The van der Waals surface area contributed by atoms with Gasteiger partial charge in [0.25, 0.3) is 0 Å². The molecule has 0 amide bonds. The summed E-state index contributed by atoms with van der Waals surface area (Å²) in [6.07, 6.45) is 4.59. The monoisotopic (exact) mass is 299 g/mol. The summed E-state index contributed by atoms with van der Waals surface area (Å²) in [6, 6.07) is 1.68. The van der Waals surface area contributed by atoms with Crippen LogP contribution in [-0.2, 0) is 10.0 Å². The summed E-state index contributed by atoms with van der Waals surface area (Å²) in [7, 11) is -3.55. The summed E-state index contributed by atoms with van der Waals surface area (Å²) in [5.41, 5.74) is 0.592. The molecule has 2 N–H and O–H groups in total. The highest BCUT2D eigenvalue weighted by Gasteiger charge is 2.33. The molecule has 0 radical (unpaired) electrons. The number of aliphatic hydroxyl groups is 1. The standard InChI is InChI=1S/C13H21N3O3S/c1-2-5-15-12-3-6-14-8-13(12)20(18,19)16-7-4-11(9-16)10-17/h3,6,8,11,17H,2,4-5,7,9-10H2,1H3,(H,14,15). The number of sulfonamides is 1. The van der Waals surface area contributed by atoms with Crippen LogP contribution in [0.4, 0.5) is 5.69 Å². The van der Waals surface area contributed by atoms with Crippen molar-refractivity contribution in [2.75, 3.05) is 31.6 Å². The zero-order valence-corrected chi connectivity index (χ0v) is 12.4. The van der Waals surface area contributed by atoms with Crippen LogP contribution in [0.25, 0.3) is 0 Å². The number of nitrogens with one attached hydrogen (secondary N) is 1. The van der Waals surface area contributed by atoms with Gasteiger partial charge in [-0.2, -0.15) is 4.31 Å². The quantitative estimate of drug-likeness (QED) is 0.816. The largest absolute Gasteiger partial charge is 0.396 e. The number of anilines is 1. The summed E-state index contributed by atoms with van der Waals surface area (Å²) in [4.78, 5) is 4.15. The molecule has 7 heteroatoms. The molecule has 1 saturated heterocycles. The molecule has 1 fully saturated rings. The van der Waals surface area contributed by atoms with E-state index < -0.39 is 10.0 Å². The van der Waals surface area contributed by atoms with E-state index >= 15 is 0 Å². The fourth-order valence-electron chi connectivity index (χ4n) is 2.29. The average molecular weight is 299 g/mol. The van der Waals surface area contributed by atoms with Crippen LogP contribution >= 0.6 is 0 Å². The zero-order chi connectivity index (χ0) is 14.6. The molecule has 2 rings (SSSR count). The van der Waals surface area contributed by atoms with Crippen molar-refractivity contribution in [1.82, 2.24) is 9.29 Å². The molecule has 6 nitrogen and oxygen atoms in total. The Morgan fingerprint density at radius 1 is 1.55 bits per heavy atom. The van der Waals surface area contributed by atoms with Crippen LogP contribution in [0.1, 0.15) is 19.8 Å². The third-order valence-electron chi connectivity index (χ3n) is 3.47. The molecule has 1 aliphatic rings. The van der Waals surface area contributed by atoms with E-state index in [0.717, 1.165) is 6.42 Å². The van der Waals surface area contributed by atoms with Gasteiger partial charge < -0.3 is 10.4 Å². The summed E-state index contributed by atoms with van der Waals surface area (Å²) in [5.74, 6) is 0.0356. The van der Waals surface area contributed by atoms with Gasteiger partial charge in [0.05, 0.1) is 5.69 Å². The number of rotatable bonds is 6. The second-order valence-corrected chi connectivity index (χ2v) is 6.91. The Labute approximate surface area is 119 Å². The highest BCUT2D eigenvalue weighted by atomic mass is 32.2. The maximum Gasteiger partial charge on any atom is 0.246 e. The van der Waals surface area contributed by atoms with Crippen LogP contribution in [0.15, 0.2) is 23.4 Å². The maximum absolute atomic E-state index is 12.6. The molecule has 1 aromatic heterocycles. The summed E-state index contributed by atoms with van der Waals surface area (Å²) >= 11 is 0. The van der Waals surface area contributed by atoms with Crippen molar-refractivity contribution < 1.29 is 13.5 Å². The molecule has 20 heavy (non-hydrogen) atoms. The molecule has 0 saturated carbocycles. The minimum Gasteiger partial charge on any atom is -0.396 e. The number of nitrogens with zero attached hydrogens (tertiary/aromatic N) is 2. The smallest absolute Gasteiger partial charge is 0.246 e. The zero-order valence-electron chi connectivity index (χ0n) is 11.6. The van der Waals surface area contributed by atoms with Crippen molar-refractivity contribution in [2.45, 2.75) is 24.7 Å². The average Bonchev–Trinajstić information content (AvgIpc) is 2.95. The van der Waals surface area contributed by atoms with Crippen LogP contribution in [0.2, 0.25) is 0 Å². The van der Waals surface area contributed by atoms with Crippen molar-refractivity contribution in [3.63, 3.8) is 0 Å². The molecule has 112 valence electrons. The Morgan fingerprint density at radius 2 is 2.35 bits per heavy atom. The molecule has 1 aliphatic heterocycles. The van der Waals surface area contributed by atoms with Gasteiger partial charge in [0.2, 0.25) is 10.0 Å². The lowest BCUT2D eigenvalue weighted by Crippen LogP contribution is -2.30. The van der Waals surface area contributed by atoms with Gasteiger partial charge in [-0.3, -0.25) is 4.98 Å². The number of pyridine rings is 1. The predicted octanol–water partition coefficient (Wildman–Crippen LogP) is 0.906. The van der Waals surface area contributed by atoms with Crippen molar-refractivity contribution in [3.8, 4) is 0 Å². The topological polar surface area (TPSA) is 82.5 Å². The Bertz CT molecular complexity index is 548. The van der Waals surface area contributed by atoms with Crippen LogP contribution < -0.4 is 5.32 Å². The van der Waals surface area contributed by atoms with Crippen LogP contribution in [0.5, 0.6) is 0 Å². The van der Waals surface area contributed by atoms with E-state index in [9.17, 15) is 8.42 Å². The lowest BCUT2D eigenvalue weighted by Gasteiger charge is -2.18. The molecule has 2 heterocycles. The lowest BCUT2D eigenvalue weighted by atomic mass is 10.1. The Balaban J connectivity index is 2.25. The van der Waals surface area contributed by atoms with Gasteiger partial charge in [-0.15, -0.1) is 0 Å². The molecule has 1 unspecified atom stereocenters. The molecule has 0 aliphatic carbocycles. The normalized spacial score (nSPS) is 20.2. The van der Waals surface area contributed by atoms with Crippen LogP contribution in [-0.4, -0.2) is 49.1 Å². The van der Waals surface area contributed by atoms with Crippen molar-refractivity contribution in [2.24, 2.45) is 5.92 Å². The van der Waals surface area contributed by atoms with Gasteiger partial charge in [-0.05, 0) is 24.8 Å². The molecular formula is C13H21N3O3S. The fourth-order valence-corrected chi connectivity index (χ4v) is 3.94. The van der Waals surface area contributed by atoms with Gasteiger partial charge in [0, 0.05) is 38.6 Å². The van der Waals surface area contributed by atoms with E-state index in [1.807, 2.05) is 6.92 Å². The first-order chi connectivity index (χ1) is 9.59. The lowest BCUT2D eigenvalue weighted by molar-refractivity contribution is 0.233. The minimum absolute atomic E-state index is 0.0278.